The molecule has 0 amide bonds. The number of hydrogen-bond donors (Lipinski definition) is 2. The van der Waals surface area contributed by atoms with Crippen molar-refractivity contribution in [2.45, 2.75) is 302 Å². The van der Waals surface area contributed by atoms with Crippen LogP contribution in [0.4, 0.5) is 0 Å². The van der Waals surface area contributed by atoms with E-state index in [-0.39, 0.29) is 38.6 Å². The van der Waals surface area contributed by atoms with Gasteiger partial charge in [0, 0.05) is 19.4 Å². The Morgan fingerprint density at radius 1 is 0.411 bits per heavy atom. The van der Waals surface area contributed by atoms with Crippen LogP contribution in [0.25, 0.3) is 0 Å². The molecule has 426 valence electrons. The highest BCUT2D eigenvalue weighted by Crippen LogP contribution is 2.43. The minimum absolute atomic E-state index is 0.0524. The molecule has 0 aromatic carbocycles. The van der Waals surface area contributed by atoms with Gasteiger partial charge in [0.15, 0.2) is 6.10 Å². The van der Waals surface area contributed by atoms with Crippen LogP contribution in [0.5, 0.6) is 0 Å². The number of esters is 2. The van der Waals surface area contributed by atoms with E-state index in [9.17, 15) is 19.0 Å². The van der Waals surface area contributed by atoms with Crippen LogP contribution >= 0.6 is 7.82 Å². The van der Waals surface area contributed by atoms with Crippen molar-refractivity contribution in [2.24, 2.45) is 5.73 Å². The van der Waals surface area contributed by atoms with E-state index in [1.807, 2.05) is 0 Å². The second-order valence-corrected chi connectivity index (χ2v) is 22.0. The van der Waals surface area contributed by atoms with Gasteiger partial charge in [-0.05, 0) is 83.5 Å². The van der Waals surface area contributed by atoms with Crippen molar-refractivity contribution < 1.29 is 37.6 Å². The van der Waals surface area contributed by atoms with Gasteiger partial charge in [-0.25, -0.2) is 4.57 Å². The van der Waals surface area contributed by atoms with Gasteiger partial charge < -0.3 is 20.1 Å². The number of carbonyl (C=O) groups excluding carboxylic acids is 2. The molecule has 0 aromatic rings. The van der Waals surface area contributed by atoms with E-state index < -0.39 is 26.5 Å². The van der Waals surface area contributed by atoms with Gasteiger partial charge in [0.05, 0.1) is 13.2 Å². The molecule has 73 heavy (non-hydrogen) atoms. The number of nitrogens with two attached hydrogens (primary N) is 1. The Morgan fingerprint density at radius 3 is 1.08 bits per heavy atom. The summed E-state index contributed by atoms with van der Waals surface area (Å²) >= 11 is 0. The predicted molar refractivity (Wildman–Crippen MR) is 312 cm³/mol. The third-order valence-electron chi connectivity index (χ3n) is 13.4. The highest BCUT2D eigenvalue weighted by atomic mass is 31.2. The number of phosphoric ester groups is 1. The molecule has 2 unspecified atom stereocenters. The smallest absolute Gasteiger partial charge is 0.462 e. The van der Waals surface area contributed by atoms with Gasteiger partial charge in [0.2, 0.25) is 0 Å². The van der Waals surface area contributed by atoms with Crippen LogP contribution in [0.15, 0.2) is 60.8 Å². The summed E-state index contributed by atoms with van der Waals surface area (Å²) in [6, 6.07) is 0. The van der Waals surface area contributed by atoms with Crippen molar-refractivity contribution in [3.8, 4) is 0 Å². The molecule has 9 nitrogen and oxygen atoms in total. The van der Waals surface area contributed by atoms with E-state index in [0.717, 1.165) is 57.8 Å². The van der Waals surface area contributed by atoms with Crippen molar-refractivity contribution in [1.29, 1.82) is 0 Å². The molecular weight excluding hydrogens is 930 g/mol. The van der Waals surface area contributed by atoms with Crippen LogP contribution < -0.4 is 5.73 Å². The van der Waals surface area contributed by atoms with Crippen molar-refractivity contribution in [1.82, 2.24) is 0 Å². The number of ether oxygens (including phenoxy) is 2. The Balaban J connectivity index is 3.89. The standard InChI is InChI=1S/C63H116NO8P/c1-3-5-7-9-11-13-15-17-19-21-23-24-25-26-27-28-29-30-31-32-33-34-35-36-38-40-42-44-46-48-50-52-54-56-63(66)72-61(60-71-73(67,68)70-58-57-64)59-69-62(65)55-53-51-49-47-45-43-41-39-37-22-20-18-16-14-12-10-8-6-4-2/h12,14-15,17-18,20-21,23,25-26,61H,3-11,13,16,19,22,24,27-60,64H2,1-2H3,(H,67,68)/b14-12-,17-15-,20-18-,23-21-,26-25-. The quantitative estimate of drug-likeness (QED) is 0.0264. The fourth-order valence-electron chi connectivity index (χ4n) is 8.79. The third-order valence-corrected chi connectivity index (χ3v) is 14.4. The molecule has 0 heterocycles. The first kappa shape index (κ1) is 70.7. The van der Waals surface area contributed by atoms with Crippen LogP contribution in [0, 0.1) is 0 Å². The minimum atomic E-state index is -4.39. The third kappa shape index (κ3) is 58.8. The SMILES string of the molecule is CCCCC/C=C\C/C=C\CCCCCCCCCCCC(=O)OCC(COP(=O)(O)OCCN)OC(=O)CCCCCCCCCCCCCCCCCCCC/C=C\C/C=C\C/C=C\CCCCCCC. The lowest BCUT2D eigenvalue weighted by Crippen LogP contribution is -2.29. The molecule has 0 aliphatic carbocycles. The van der Waals surface area contributed by atoms with Crippen molar-refractivity contribution in [2.75, 3.05) is 26.4 Å². The van der Waals surface area contributed by atoms with E-state index in [1.54, 1.807) is 0 Å². The summed E-state index contributed by atoms with van der Waals surface area (Å²) in [5.74, 6) is -0.822. The molecule has 0 aromatic heterocycles. The van der Waals surface area contributed by atoms with E-state index in [2.05, 4.69) is 74.6 Å². The number of hydrogen-bond acceptors (Lipinski definition) is 8. The molecule has 0 radical (unpaired) electrons. The number of rotatable bonds is 58. The maximum Gasteiger partial charge on any atom is 0.472 e. The van der Waals surface area contributed by atoms with E-state index in [1.165, 1.54) is 205 Å². The lowest BCUT2D eigenvalue weighted by atomic mass is 10.0. The van der Waals surface area contributed by atoms with Crippen LogP contribution in [0.1, 0.15) is 296 Å². The zero-order valence-electron chi connectivity index (χ0n) is 47.6. The molecule has 0 aliphatic rings. The molecule has 0 saturated heterocycles. The highest BCUT2D eigenvalue weighted by Gasteiger charge is 2.26. The summed E-state index contributed by atoms with van der Waals surface area (Å²) in [6.45, 7) is 3.74. The molecule has 0 saturated carbocycles. The second kappa shape index (κ2) is 59.0. The van der Waals surface area contributed by atoms with Crippen LogP contribution in [-0.2, 0) is 32.7 Å². The summed E-state index contributed by atoms with van der Waals surface area (Å²) in [5.41, 5.74) is 5.39. The average molecular weight is 1050 g/mol. The minimum Gasteiger partial charge on any atom is -0.462 e. The van der Waals surface area contributed by atoms with E-state index >= 15 is 0 Å². The zero-order valence-corrected chi connectivity index (χ0v) is 48.5. The lowest BCUT2D eigenvalue weighted by molar-refractivity contribution is -0.161. The summed E-state index contributed by atoms with van der Waals surface area (Å²) in [7, 11) is -4.39. The second-order valence-electron chi connectivity index (χ2n) is 20.6. The van der Waals surface area contributed by atoms with Gasteiger partial charge in [-0.3, -0.25) is 18.6 Å². The summed E-state index contributed by atoms with van der Waals surface area (Å²) in [4.78, 5) is 35.2. The van der Waals surface area contributed by atoms with Gasteiger partial charge in [-0.15, -0.1) is 0 Å². The van der Waals surface area contributed by atoms with E-state index in [0.29, 0.717) is 6.42 Å². The van der Waals surface area contributed by atoms with Crippen LogP contribution in [0.2, 0.25) is 0 Å². The predicted octanol–water partition coefficient (Wildman–Crippen LogP) is 19.5. The first-order valence-corrected chi connectivity index (χ1v) is 32.3. The van der Waals surface area contributed by atoms with Gasteiger partial charge in [0.1, 0.15) is 6.61 Å². The Labute approximate surface area is 450 Å². The van der Waals surface area contributed by atoms with Crippen molar-refractivity contribution in [3.63, 3.8) is 0 Å². The molecular formula is C63H116NO8P. The maximum atomic E-state index is 12.7. The zero-order chi connectivity index (χ0) is 53.1. The van der Waals surface area contributed by atoms with Crippen LogP contribution in [-0.4, -0.2) is 49.3 Å². The largest absolute Gasteiger partial charge is 0.472 e. The Morgan fingerprint density at radius 2 is 0.712 bits per heavy atom. The number of unbranched alkanes of at least 4 members (excludes halogenated alkanes) is 35. The first-order valence-electron chi connectivity index (χ1n) is 30.8. The molecule has 10 heteroatoms. The summed E-state index contributed by atoms with van der Waals surface area (Å²) in [5, 5.41) is 0. The Kier molecular flexibility index (Phi) is 57.1. The molecule has 0 bridgehead atoms. The fourth-order valence-corrected chi connectivity index (χ4v) is 9.56. The first-order chi connectivity index (χ1) is 35.8. The molecule has 2 atom stereocenters. The van der Waals surface area contributed by atoms with Gasteiger partial charge in [0.25, 0.3) is 0 Å². The fraction of sp³-hybridized carbons (Fsp3) is 0.810. The van der Waals surface area contributed by atoms with Gasteiger partial charge in [-0.1, -0.05) is 261 Å². The average Bonchev–Trinajstić information content (AvgIpc) is 3.38. The molecule has 0 rings (SSSR count). The molecule has 0 fully saturated rings. The highest BCUT2D eigenvalue weighted by molar-refractivity contribution is 7.47. The molecule has 3 N–H and O–H groups in total. The monoisotopic (exact) mass is 1050 g/mol. The summed E-state index contributed by atoms with van der Waals surface area (Å²) < 4.78 is 33.1. The maximum absolute atomic E-state index is 12.7. The Bertz CT molecular complexity index is 1380. The molecule has 0 aliphatic heterocycles. The Hall–Kier alpha value is -2.29. The van der Waals surface area contributed by atoms with Crippen molar-refractivity contribution >= 4 is 19.8 Å². The number of phosphoric acid groups is 1. The topological polar surface area (TPSA) is 134 Å². The van der Waals surface area contributed by atoms with E-state index in [4.69, 9.17) is 24.3 Å². The number of carbonyl (C=O) groups is 2. The van der Waals surface area contributed by atoms with Gasteiger partial charge in [-0.2, -0.15) is 0 Å². The molecule has 0 spiro atoms. The van der Waals surface area contributed by atoms with Gasteiger partial charge >= 0.3 is 19.8 Å². The van der Waals surface area contributed by atoms with Crippen molar-refractivity contribution in [3.05, 3.63) is 60.8 Å². The van der Waals surface area contributed by atoms with Crippen LogP contribution in [0.3, 0.4) is 0 Å². The summed E-state index contributed by atoms with van der Waals surface area (Å²) in [6.07, 6.45) is 74.3. The normalized spacial score (nSPS) is 13.4. The number of allylic oxidation sites excluding steroid dienone is 10. The lowest BCUT2D eigenvalue weighted by Gasteiger charge is -2.19.